The molecule has 0 aliphatic rings. The average molecular weight is 648 g/mol. The molecule has 2 atom stereocenters. The van der Waals surface area contributed by atoms with Crippen LogP contribution in [0.25, 0.3) is 63.6 Å². The van der Waals surface area contributed by atoms with Gasteiger partial charge in [-0.25, -0.2) is 0 Å². The molecule has 234 valence electrons. The zero-order chi connectivity index (χ0) is 32.7. The van der Waals surface area contributed by atoms with Crippen molar-refractivity contribution in [3.63, 3.8) is 0 Å². The van der Waals surface area contributed by atoms with Gasteiger partial charge in [0.05, 0.1) is 6.17 Å². The van der Waals surface area contributed by atoms with Gasteiger partial charge in [-0.2, -0.15) is 0 Å². The Balaban J connectivity index is 1.17. The lowest BCUT2D eigenvalue weighted by Crippen LogP contribution is -2.31. The first-order chi connectivity index (χ1) is 24.2. The number of hydrogen-bond acceptors (Lipinski definition) is 4. The summed E-state index contributed by atoms with van der Waals surface area (Å²) < 4.78 is 2.61. The highest BCUT2D eigenvalue weighted by Gasteiger charge is 2.17. The summed E-state index contributed by atoms with van der Waals surface area (Å²) in [6.07, 6.45) is 1.24. The number of fused-ring (bicyclic) bond motifs is 7. The molecule has 49 heavy (non-hydrogen) atoms. The van der Waals surface area contributed by atoms with E-state index < -0.39 is 12.3 Å². The molecule has 3 N–H and O–H groups in total. The standard InChI is InChI=1S/C45H33N3S/c46-44(30-12-2-1-3-13-30)48-45(34-16-10-15-31(25-34)32-22-24-43-40(26-32)38-19-8-9-20-42(38)49-43)47-28-41-36-18-7-5-14-33(36)27-39-35-17-6-4-11-29(35)21-23-37(39)41/h1-28,44-45,48H,46H2. The van der Waals surface area contributed by atoms with E-state index in [9.17, 15) is 0 Å². The van der Waals surface area contributed by atoms with Gasteiger partial charge in [0.15, 0.2) is 0 Å². The smallest absolute Gasteiger partial charge is 0.127 e. The van der Waals surface area contributed by atoms with Crippen molar-refractivity contribution in [2.75, 3.05) is 0 Å². The lowest BCUT2D eigenvalue weighted by atomic mass is 9.94. The van der Waals surface area contributed by atoms with Gasteiger partial charge in [-0.15, -0.1) is 11.3 Å². The van der Waals surface area contributed by atoms with Gasteiger partial charge in [0.2, 0.25) is 0 Å². The molecule has 0 fully saturated rings. The normalized spacial score (nSPS) is 13.2. The van der Waals surface area contributed by atoms with Crippen molar-refractivity contribution in [3.05, 3.63) is 180 Å². The predicted octanol–water partition coefficient (Wildman–Crippen LogP) is 11.5. The van der Waals surface area contributed by atoms with Crippen LogP contribution in [-0.4, -0.2) is 6.21 Å². The molecule has 0 aliphatic heterocycles. The van der Waals surface area contributed by atoms with Gasteiger partial charge in [0.1, 0.15) is 6.17 Å². The topological polar surface area (TPSA) is 50.4 Å². The minimum absolute atomic E-state index is 0.393. The van der Waals surface area contributed by atoms with Crippen molar-refractivity contribution < 1.29 is 0 Å². The number of aliphatic imine (C=N–C) groups is 1. The molecule has 2 unspecified atom stereocenters. The van der Waals surface area contributed by atoms with E-state index in [1.807, 2.05) is 35.8 Å². The van der Waals surface area contributed by atoms with Crippen molar-refractivity contribution in [1.29, 1.82) is 0 Å². The van der Waals surface area contributed by atoms with Crippen molar-refractivity contribution >= 4 is 70.0 Å². The van der Waals surface area contributed by atoms with Crippen LogP contribution in [-0.2, 0) is 0 Å². The van der Waals surface area contributed by atoms with E-state index in [1.54, 1.807) is 0 Å². The maximum Gasteiger partial charge on any atom is 0.127 e. The lowest BCUT2D eigenvalue weighted by molar-refractivity contribution is 0.467. The predicted molar refractivity (Wildman–Crippen MR) is 211 cm³/mol. The summed E-state index contributed by atoms with van der Waals surface area (Å²) in [7, 11) is 0. The lowest BCUT2D eigenvalue weighted by Gasteiger charge is -2.22. The molecule has 0 amide bonds. The summed E-state index contributed by atoms with van der Waals surface area (Å²) in [6.45, 7) is 0. The first-order valence-corrected chi connectivity index (χ1v) is 17.5. The van der Waals surface area contributed by atoms with Crippen LogP contribution in [0.2, 0.25) is 0 Å². The molecule has 9 aromatic rings. The summed E-state index contributed by atoms with van der Waals surface area (Å²) in [5.74, 6) is 0. The van der Waals surface area contributed by atoms with Crippen LogP contribution in [0, 0.1) is 0 Å². The second-order valence-electron chi connectivity index (χ2n) is 12.6. The third-order valence-corrected chi connectivity index (χ3v) is 10.7. The van der Waals surface area contributed by atoms with E-state index in [4.69, 9.17) is 10.7 Å². The minimum Gasteiger partial charge on any atom is -0.312 e. The highest BCUT2D eigenvalue weighted by Crippen LogP contribution is 2.37. The molecule has 0 aliphatic carbocycles. The van der Waals surface area contributed by atoms with E-state index in [0.717, 1.165) is 22.3 Å². The number of nitrogens with two attached hydrogens (primary N) is 1. The van der Waals surface area contributed by atoms with Gasteiger partial charge in [-0.1, -0.05) is 133 Å². The second kappa shape index (κ2) is 12.4. The van der Waals surface area contributed by atoms with Crippen molar-refractivity contribution in [2.24, 2.45) is 10.7 Å². The minimum atomic E-state index is -0.409. The molecule has 0 bridgehead atoms. The number of nitrogens with zero attached hydrogens (tertiary/aromatic N) is 1. The Labute approximate surface area is 289 Å². The number of thiophene rings is 1. The van der Waals surface area contributed by atoms with E-state index >= 15 is 0 Å². The molecular weight excluding hydrogens is 615 g/mol. The Morgan fingerprint density at radius 1 is 0.490 bits per heavy atom. The maximum atomic E-state index is 6.81. The number of rotatable bonds is 7. The molecule has 8 aromatic carbocycles. The van der Waals surface area contributed by atoms with Crippen LogP contribution in [0.4, 0.5) is 0 Å². The molecule has 3 nitrogen and oxygen atoms in total. The Kier molecular flexibility index (Phi) is 7.47. The summed E-state index contributed by atoms with van der Waals surface area (Å²) in [6, 6.07) is 58.2. The SMILES string of the molecule is NC(NC(N=Cc1c2ccccc2cc2c1ccc1ccccc12)c1cccc(-c2ccc3sc4ccccc4c3c2)c1)c1ccccc1. The van der Waals surface area contributed by atoms with Crippen LogP contribution in [0.1, 0.15) is 29.0 Å². The fraction of sp³-hybridized carbons (Fsp3) is 0.0444. The molecule has 9 rings (SSSR count). The summed E-state index contributed by atoms with van der Waals surface area (Å²) in [5, 5.41) is 13.5. The molecule has 0 saturated carbocycles. The third-order valence-electron chi connectivity index (χ3n) is 9.57. The Hall–Kier alpha value is -5.65. The largest absolute Gasteiger partial charge is 0.312 e. The van der Waals surface area contributed by atoms with Crippen LogP contribution < -0.4 is 11.1 Å². The monoisotopic (exact) mass is 647 g/mol. The fourth-order valence-electron chi connectivity index (χ4n) is 7.09. The Bertz CT molecular complexity index is 2670. The third kappa shape index (κ3) is 5.46. The van der Waals surface area contributed by atoms with Crippen LogP contribution in [0.15, 0.2) is 169 Å². The molecule has 1 heterocycles. The van der Waals surface area contributed by atoms with E-state index in [1.165, 1.54) is 58.1 Å². The number of hydrogen-bond donors (Lipinski definition) is 2. The Morgan fingerprint density at radius 2 is 1.18 bits per heavy atom. The van der Waals surface area contributed by atoms with E-state index in [0.29, 0.717) is 0 Å². The van der Waals surface area contributed by atoms with Crippen LogP contribution in [0.5, 0.6) is 0 Å². The molecule has 0 radical (unpaired) electrons. The van der Waals surface area contributed by atoms with Crippen molar-refractivity contribution in [2.45, 2.75) is 12.3 Å². The number of benzene rings is 8. The van der Waals surface area contributed by atoms with Crippen molar-refractivity contribution in [3.8, 4) is 11.1 Å². The van der Waals surface area contributed by atoms with Crippen LogP contribution in [0.3, 0.4) is 0 Å². The summed E-state index contributed by atoms with van der Waals surface area (Å²) in [4.78, 5) is 5.31. The van der Waals surface area contributed by atoms with Gasteiger partial charge in [-0.05, 0) is 84.9 Å². The van der Waals surface area contributed by atoms with Gasteiger partial charge in [0, 0.05) is 32.0 Å². The second-order valence-corrected chi connectivity index (χ2v) is 13.6. The average Bonchev–Trinajstić information content (AvgIpc) is 3.54. The molecular formula is C45H33N3S. The van der Waals surface area contributed by atoms with E-state index in [2.05, 4.69) is 151 Å². The maximum absolute atomic E-state index is 6.81. The molecule has 0 saturated heterocycles. The zero-order valence-electron chi connectivity index (χ0n) is 26.8. The van der Waals surface area contributed by atoms with Gasteiger partial charge >= 0.3 is 0 Å². The van der Waals surface area contributed by atoms with Crippen molar-refractivity contribution in [1.82, 2.24) is 5.32 Å². The first-order valence-electron chi connectivity index (χ1n) is 16.6. The zero-order valence-corrected chi connectivity index (χ0v) is 27.6. The Morgan fingerprint density at radius 3 is 2.06 bits per heavy atom. The van der Waals surface area contributed by atoms with Gasteiger partial charge in [0.25, 0.3) is 0 Å². The molecule has 0 spiro atoms. The molecule has 4 heteroatoms. The molecule has 1 aromatic heterocycles. The first kappa shape index (κ1) is 29.5. The number of nitrogens with one attached hydrogen (secondary N) is 1. The van der Waals surface area contributed by atoms with Gasteiger partial charge in [-0.3, -0.25) is 10.3 Å². The van der Waals surface area contributed by atoms with Gasteiger partial charge < -0.3 is 5.73 Å². The highest BCUT2D eigenvalue weighted by molar-refractivity contribution is 7.25. The summed E-state index contributed by atoms with van der Waals surface area (Å²) >= 11 is 1.84. The quantitative estimate of drug-likeness (QED) is 0.0783. The fourth-order valence-corrected chi connectivity index (χ4v) is 8.18. The summed E-state index contributed by atoms with van der Waals surface area (Å²) in [5.41, 5.74) is 12.3. The van der Waals surface area contributed by atoms with E-state index in [-0.39, 0.29) is 0 Å². The van der Waals surface area contributed by atoms with Crippen LogP contribution >= 0.6 is 11.3 Å². The highest BCUT2D eigenvalue weighted by atomic mass is 32.1.